The minimum Gasteiger partial charge on any atom is -0.507 e. The zero-order valence-corrected chi connectivity index (χ0v) is 7.90. The number of carbonyl (C=O) groups is 1. The molecule has 0 radical (unpaired) electrons. The average molecular weight is 197 g/mol. The molecule has 0 unspecified atom stereocenters. The summed E-state index contributed by atoms with van der Waals surface area (Å²) in [5, 5.41) is 9.41. The molecule has 0 amide bonds. The minimum absolute atomic E-state index is 0.0193. The van der Waals surface area contributed by atoms with Crippen LogP contribution in [0, 0.1) is 0 Å². The van der Waals surface area contributed by atoms with E-state index in [1.807, 2.05) is 0 Å². The number of aromatic hydroxyl groups is 1. The number of phenols is 1. The second kappa shape index (κ2) is 3.87. The van der Waals surface area contributed by atoms with Crippen LogP contribution in [0.3, 0.4) is 0 Å². The summed E-state index contributed by atoms with van der Waals surface area (Å²) in [7, 11) is 2.64. The molecule has 76 valence electrons. The quantitative estimate of drug-likeness (QED) is 0.415. The Balaban J connectivity index is 3.21. The van der Waals surface area contributed by atoms with Gasteiger partial charge < -0.3 is 20.3 Å². The van der Waals surface area contributed by atoms with Crippen LogP contribution < -0.4 is 10.5 Å². The van der Waals surface area contributed by atoms with Gasteiger partial charge in [-0.3, -0.25) is 0 Å². The van der Waals surface area contributed by atoms with Gasteiger partial charge in [-0.25, -0.2) is 4.79 Å². The van der Waals surface area contributed by atoms with Gasteiger partial charge in [0.05, 0.1) is 19.9 Å². The molecule has 0 spiro atoms. The molecular formula is C9H11NO4. The van der Waals surface area contributed by atoms with Crippen molar-refractivity contribution in [1.29, 1.82) is 0 Å². The molecule has 1 rings (SSSR count). The van der Waals surface area contributed by atoms with Gasteiger partial charge >= 0.3 is 5.97 Å². The van der Waals surface area contributed by atoms with Crippen LogP contribution in [0.2, 0.25) is 0 Å². The Bertz CT molecular complexity index is 362. The topological polar surface area (TPSA) is 81.8 Å². The summed E-state index contributed by atoms with van der Waals surface area (Å²) >= 11 is 0. The standard InChI is InChI=1S/C9H11NO4/c1-13-8-4-7(11)5(3-6(8)10)9(12)14-2/h3-4,11H,10H2,1-2H3. The van der Waals surface area contributed by atoms with Crippen molar-refractivity contribution in [1.82, 2.24) is 0 Å². The second-order valence-electron chi connectivity index (χ2n) is 2.60. The molecule has 0 aliphatic heterocycles. The Labute approximate surface area is 81.0 Å². The third-order valence-electron chi connectivity index (χ3n) is 1.75. The molecule has 3 N–H and O–H groups in total. The lowest BCUT2D eigenvalue weighted by Gasteiger charge is -2.08. The Hall–Kier alpha value is -1.91. The Morgan fingerprint density at radius 1 is 1.43 bits per heavy atom. The fourth-order valence-corrected chi connectivity index (χ4v) is 1.04. The fraction of sp³-hybridized carbons (Fsp3) is 0.222. The van der Waals surface area contributed by atoms with Crippen molar-refractivity contribution >= 4 is 11.7 Å². The molecule has 5 nitrogen and oxygen atoms in total. The molecule has 0 aromatic heterocycles. The number of phenolic OH excluding ortho intramolecular Hbond substituents is 1. The zero-order valence-electron chi connectivity index (χ0n) is 7.90. The summed E-state index contributed by atoms with van der Waals surface area (Å²) in [6.07, 6.45) is 0. The minimum atomic E-state index is -0.642. The van der Waals surface area contributed by atoms with E-state index in [0.29, 0.717) is 5.75 Å². The molecule has 0 heterocycles. The number of nitrogen functional groups attached to an aromatic ring is 1. The maximum Gasteiger partial charge on any atom is 0.341 e. The first-order chi connectivity index (χ1) is 6.60. The highest BCUT2D eigenvalue weighted by atomic mass is 16.5. The number of anilines is 1. The van der Waals surface area contributed by atoms with Gasteiger partial charge in [0.25, 0.3) is 0 Å². The lowest BCUT2D eigenvalue weighted by atomic mass is 10.1. The molecule has 14 heavy (non-hydrogen) atoms. The van der Waals surface area contributed by atoms with Gasteiger partial charge in [0, 0.05) is 6.07 Å². The number of esters is 1. The summed E-state index contributed by atoms with van der Waals surface area (Å²) in [6.45, 7) is 0. The van der Waals surface area contributed by atoms with Crippen LogP contribution in [0.25, 0.3) is 0 Å². The average Bonchev–Trinajstić information content (AvgIpc) is 2.19. The van der Waals surface area contributed by atoms with Crippen LogP contribution in [0.1, 0.15) is 10.4 Å². The highest BCUT2D eigenvalue weighted by molar-refractivity contribution is 5.94. The molecule has 0 saturated carbocycles. The number of nitrogens with two attached hydrogens (primary N) is 1. The normalized spacial score (nSPS) is 9.57. The first kappa shape index (κ1) is 10.2. The molecule has 5 heteroatoms. The number of hydrogen-bond acceptors (Lipinski definition) is 5. The zero-order chi connectivity index (χ0) is 10.7. The number of hydrogen-bond donors (Lipinski definition) is 2. The highest BCUT2D eigenvalue weighted by Crippen LogP contribution is 2.30. The smallest absolute Gasteiger partial charge is 0.341 e. The Kier molecular flexibility index (Phi) is 2.81. The second-order valence-corrected chi connectivity index (χ2v) is 2.60. The van der Waals surface area contributed by atoms with Crippen molar-refractivity contribution in [2.45, 2.75) is 0 Å². The van der Waals surface area contributed by atoms with Crippen molar-refractivity contribution in [3.05, 3.63) is 17.7 Å². The maximum atomic E-state index is 11.1. The maximum absolute atomic E-state index is 11.1. The number of carbonyl (C=O) groups excluding carboxylic acids is 1. The van der Waals surface area contributed by atoms with E-state index >= 15 is 0 Å². The molecule has 0 fully saturated rings. The summed E-state index contributed by atoms with van der Waals surface area (Å²) in [5.74, 6) is -0.546. The number of methoxy groups -OCH3 is 2. The van der Waals surface area contributed by atoms with Crippen molar-refractivity contribution in [2.75, 3.05) is 20.0 Å². The van der Waals surface area contributed by atoms with Gasteiger partial charge in [-0.15, -0.1) is 0 Å². The van der Waals surface area contributed by atoms with Crippen molar-refractivity contribution in [3.63, 3.8) is 0 Å². The molecular weight excluding hydrogens is 186 g/mol. The molecule has 0 atom stereocenters. The number of rotatable bonds is 2. The van der Waals surface area contributed by atoms with Gasteiger partial charge in [0.1, 0.15) is 17.1 Å². The van der Waals surface area contributed by atoms with E-state index in [1.165, 1.54) is 26.4 Å². The predicted octanol–water partition coefficient (Wildman–Crippen LogP) is 0.770. The molecule has 0 aliphatic carbocycles. The van der Waals surface area contributed by atoms with Gasteiger partial charge in [0.2, 0.25) is 0 Å². The van der Waals surface area contributed by atoms with E-state index in [1.54, 1.807) is 0 Å². The van der Waals surface area contributed by atoms with Crippen LogP contribution >= 0.6 is 0 Å². The molecule has 0 bridgehead atoms. The summed E-state index contributed by atoms with van der Waals surface area (Å²) < 4.78 is 9.31. The predicted molar refractivity (Wildman–Crippen MR) is 50.4 cm³/mol. The lowest BCUT2D eigenvalue weighted by molar-refractivity contribution is 0.0597. The third kappa shape index (κ3) is 1.71. The van der Waals surface area contributed by atoms with Crippen LogP contribution in [0.4, 0.5) is 5.69 Å². The van der Waals surface area contributed by atoms with Gasteiger partial charge in [-0.1, -0.05) is 0 Å². The van der Waals surface area contributed by atoms with Crippen molar-refractivity contribution in [3.8, 4) is 11.5 Å². The Morgan fingerprint density at radius 3 is 2.57 bits per heavy atom. The lowest BCUT2D eigenvalue weighted by Crippen LogP contribution is -2.03. The Morgan fingerprint density at radius 2 is 2.07 bits per heavy atom. The van der Waals surface area contributed by atoms with Crippen LogP contribution in [0.15, 0.2) is 12.1 Å². The van der Waals surface area contributed by atoms with E-state index in [2.05, 4.69) is 4.74 Å². The van der Waals surface area contributed by atoms with E-state index in [9.17, 15) is 9.90 Å². The summed E-state index contributed by atoms with van der Waals surface area (Å²) in [4.78, 5) is 11.1. The van der Waals surface area contributed by atoms with Gasteiger partial charge in [-0.05, 0) is 6.07 Å². The van der Waals surface area contributed by atoms with Gasteiger partial charge in [-0.2, -0.15) is 0 Å². The molecule has 1 aromatic carbocycles. The summed E-state index contributed by atoms with van der Waals surface area (Å²) in [6, 6.07) is 2.57. The monoisotopic (exact) mass is 197 g/mol. The van der Waals surface area contributed by atoms with E-state index in [4.69, 9.17) is 10.5 Å². The van der Waals surface area contributed by atoms with Crippen LogP contribution in [-0.4, -0.2) is 25.3 Å². The van der Waals surface area contributed by atoms with E-state index in [0.717, 1.165) is 0 Å². The van der Waals surface area contributed by atoms with Gasteiger partial charge in [0.15, 0.2) is 0 Å². The molecule has 0 aliphatic rings. The first-order valence-corrected chi connectivity index (χ1v) is 3.85. The number of ether oxygens (including phenoxy) is 2. The van der Waals surface area contributed by atoms with E-state index < -0.39 is 5.97 Å². The molecule has 0 saturated heterocycles. The van der Waals surface area contributed by atoms with E-state index in [-0.39, 0.29) is 17.0 Å². The van der Waals surface area contributed by atoms with Crippen LogP contribution in [-0.2, 0) is 4.74 Å². The fourth-order valence-electron chi connectivity index (χ4n) is 1.04. The molecule has 1 aromatic rings. The third-order valence-corrected chi connectivity index (χ3v) is 1.75. The number of benzene rings is 1. The summed E-state index contributed by atoms with van der Waals surface area (Å²) in [5.41, 5.74) is 5.84. The first-order valence-electron chi connectivity index (χ1n) is 3.85. The van der Waals surface area contributed by atoms with Crippen molar-refractivity contribution in [2.24, 2.45) is 0 Å². The largest absolute Gasteiger partial charge is 0.507 e. The van der Waals surface area contributed by atoms with Crippen LogP contribution in [0.5, 0.6) is 11.5 Å². The van der Waals surface area contributed by atoms with Crippen molar-refractivity contribution < 1.29 is 19.4 Å². The SMILES string of the molecule is COC(=O)c1cc(N)c(OC)cc1O. The highest BCUT2D eigenvalue weighted by Gasteiger charge is 2.14.